The number of nitrogens with zero attached hydrogens (tertiary/aromatic N) is 2. The van der Waals surface area contributed by atoms with Crippen molar-refractivity contribution in [3.05, 3.63) is 66.0 Å². The Labute approximate surface area is 165 Å². The van der Waals surface area contributed by atoms with Crippen LogP contribution < -0.4 is 5.30 Å². The Hall–Kier alpha value is -2.05. The highest BCUT2D eigenvalue weighted by molar-refractivity contribution is 7.28. The fourth-order valence-corrected chi connectivity index (χ4v) is 3.73. The molecule has 0 saturated heterocycles. The molecule has 3 heteroatoms. The van der Waals surface area contributed by atoms with E-state index >= 15 is 0 Å². The van der Waals surface area contributed by atoms with E-state index in [4.69, 9.17) is 9.97 Å². The summed E-state index contributed by atoms with van der Waals surface area (Å²) in [6, 6.07) is 19.1. The number of unbranched alkanes of at least 4 members (excludes halogenated alkanes) is 2. The maximum Gasteiger partial charge on any atom is 0.0718 e. The fraction of sp³-hybridized carbons (Fsp3) is 0.333. The average molecular weight is 376 g/mol. The molecule has 0 N–H and O–H groups in total. The summed E-state index contributed by atoms with van der Waals surface area (Å²) in [6.07, 6.45) is 6.79. The highest BCUT2D eigenvalue weighted by atomic mass is 31.0. The molecule has 0 saturated carbocycles. The first-order valence-corrected chi connectivity index (χ1v) is 10.6. The van der Waals surface area contributed by atoms with Gasteiger partial charge in [0.25, 0.3) is 0 Å². The van der Waals surface area contributed by atoms with Gasteiger partial charge in [0.05, 0.1) is 11.4 Å². The molecule has 0 spiro atoms. The van der Waals surface area contributed by atoms with Gasteiger partial charge in [0.15, 0.2) is 0 Å². The quantitative estimate of drug-likeness (QED) is 0.451. The van der Waals surface area contributed by atoms with Crippen molar-refractivity contribution in [2.75, 3.05) is 0 Å². The lowest BCUT2D eigenvalue weighted by molar-refractivity contribution is 0.777. The minimum atomic E-state index is 1.03. The molecule has 0 radical (unpaired) electrons. The molecule has 0 amide bonds. The van der Waals surface area contributed by atoms with E-state index in [-0.39, 0.29) is 0 Å². The Balaban J connectivity index is 2.03. The third-order valence-corrected chi connectivity index (χ3v) is 5.30. The monoisotopic (exact) mass is 376 g/mol. The van der Waals surface area contributed by atoms with Crippen LogP contribution >= 0.6 is 9.24 Å². The van der Waals surface area contributed by atoms with Crippen LogP contribution in [0.15, 0.2) is 54.6 Å². The van der Waals surface area contributed by atoms with Crippen LogP contribution in [0.3, 0.4) is 0 Å². The van der Waals surface area contributed by atoms with Gasteiger partial charge < -0.3 is 0 Å². The van der Waals surface area contributed by atoms with Gasteiger partial charge in [-0.1, -0.05) is 57.0 Å². The lowest BCUT2D eigenvalue weighted by Gasteiger charge is -2.14. The van der Waals surface area contributed by atoms with Gasteiger partial charge in [-0.05, 0) is 55.3 Å². The van der Waals surface area contributed by atoms with E-state index in [1.807, 2.05) is 0 Å². The van der Waals surface area contributed by atoms with Gasteiger partial charge in [-0.2, -0.15) is 0 Å². The Morgan fingerprint density at radius 3 is 1.89 bits per heavy atom. The molecule has 0 aliphatic carbocycles. The third-order valence-electron chi connectivity index (χ3n) is 4.82. The number of aryl methyl sites for hydroxylation is 2. The van der Waals surface area contributed by atoms with Crippen molar-refractivity contribution >= 4 is 14.5 Å². The number of hydrogen-bond acceptors (Lipinski definition) is 2. The standard InChI is InChI=1S/C24H29N2P/c1-3-5-10-18-12-7-15-21(25-18)20-14-9-17-23(27)24(20)22-16-8-13-19(26-22)11-6-4-2/h7-9,12-17H,3-6,10-11,27H2,1-2H3. The number of pyridine rings is 2. The number of hydrogen-bond donors (Lipinski definition) is 0. The lowest BCUT2D eigenvalue weighted by Crippen LogP contribution is -2.04. The summed E-state index contributed by atoms with van der Waals surface area (Å²) < 4.78 is 0. The Kier molecular flexibility index (Phi) is 7.12. The summed E-state index contributed by atoms with van der Waals surface area (Å²) >= 11 is 0. The van der Waals surface area contributed by atoms with E-state index in [2.05, 4.69) is 77.7 Å². The van der Waals surface area contributed by atoms with Gasteiger partial charge >= 0.3 is 0 Å². The van der Waals surface area contributed by atoms with Crippen LogP contribution in [-0.2, 0) is 12.8 Å². The lowest BCUT2D eigenvalue weighted by atomic mass is 9.99. The molecule has 2 nitrogen and oxygen atoms in total. The largest absolute Gasteiger partial charge is 0.253 e. The number of rotatable bonds is 8. The molecule has 2 heterocycles. The number of benzene rings is 1. The van der Waals surface area contributed by atoms with Gasteiger partial charge in [-0.15, -0.1) is 9.24 Å². The van der Waals surface area contributed by atoms with Crippen molar-refractivity contribution in [3.63, 3.8) is 0 Å². The van der Waals surface area contributed by atoms with Crippen LogP contribution in [0.5, 0.6) is 0 Å². The Morgan fingerprint density at radius 1 is 0.704 bits per heavy atom. The summed E-state index contributed by atoms with van der Waals surface area (Å²) in [5.41, 5.74) is 6.72. The predicted octanol–water partition coefficient (Wildman–Crippen LogP) is 6.00. The molecule has 0 bridgehead atoms. The second kappa shape index (κ2) is 9.76. The van der Waals surface area contributed by atoms with E-state index in [0.717, 1.165) is 35.1 Å². The molecule has 1 unspecified atom stereocenters. The zero-order valence-corrected chi connectivity index (χ0v) is 17.6. The third kappa shape index (κ3) is 5.02. The van der Waals surface area contributed by atoms with Gasteiger partial charge in [-0.3, -0.25) is 9.97 Å². The molecule has 0 aliphatic rings. The second-order valence-electron chi connectivity index (χ2n) is 7.01. The summed E-state index contributed by atoms with van der Waals surface area (Å²) in [7, 11) is 2.87. The second-order valence-corrected chi connectivity index (χ2v) is 7.63. The highest BCUT2D eigenvalue weighted by Gasteiger charge is 2.13. The highest BCUT2D eigenvalue weighted by Crippen LogP contribution is 2.30. The minimum absolute atomic E-state index is 1.03. The SMILES string of the molecule is CCCCc1cccc(-c2cccc(P)c2-c2cccc(CCCC)n2)n1. The first-order chi connectivity index (χ1) is 13.2. The van der Waals surface area contributed by atoms with Crippen LogP contribution in [-0.4, -0.2) is 9.97 Å². The van der Waals surface area contributed by atoms with Crippen LogP contribution in [0.1, 0.15) is 50.9 Å². The molecular formula is C24H29N2P. The van der Waals surface area contributed by atoms with Gasteiger partial charge in [0.1, 0.15) is 0 Å². The van der Waals surface area contributed by atoms with E-state index < -0.39 is 0 Å². The van der Waals surface area contributed by atoms with Gasteiger partial charge in [0, 0.05) is 22.5 Å². The molecule has 3 aromatic rings. The molecule has 27 heavy (non-hydrogen) atoms. The van der Waals surface area contributed by atoms with E-state index in [9.17, 15) is 0 Å². The molecule has 1 atom stereocenters. The Bertz CT molecular complexity index is 889. The van der Waals surface area contributed by atoms with Crippen molar-refractivity contribution in [3.8, 4) is 22.5 Å². The minimum Gasteiger partial charge on any atom is -0.253 e. The smallest absolute Gasteiger partial charge is 0.0718 e. The molecule has 3 rings (SSSR count). The zero-order chi connectivity index (χ0) is 19.1. The van der Waals surface area contributed by atoms with E-state index in [1.54, 1.807) is 0 Å². The summed E-state index contributed by atoms with van der Waals surface area (Å²) in [6.45, 7) is 4.44. The Morgan fingerprint density at radius 2 is 1.26 bits per heavy atom. The molecule has 140 valence electrons. The maximum atomic E-state index is 4.96. The van der Waals surface area contributed by atoms with E-state index in [1.165, 1.54) is 42.6 Å². The van der Waals surface area contributed by atoms with Crippen LogP contribution in [0.2, 0.25) is 0 Å². The fourth-order valence-electron chi connectivity index (χ4n) is 3.31. The van der Waals surface area contributed by atoms with Crippen LogP contribution in [0.4, 0.5) is 0 Å². The topological polar surface area (TPSA) is 25.8 Å². The predicted molar refractivity (Wildman–Crippen MR) is 119 cm³/mol. The number of aromatic nitrogens is 2. The van der Waals surface area contributed by atoms with Crippen molar-refractivity contribution in [2.45, 2.75) is 52.4 Å². The summed E-state index contributed by atoms with van der Waals surface area (Å²) in [5.74, 6) is 0. The molecule has 2 aromatic heterocycles. The van der Waals surface area contributed by atoms with Crippen LogP contribution in [0.25, 0.3) is 22.5 Å². The van der Waals surface area contributed by atoms with Gasteiger partial charge in [-0.25, -0.2) is 0 Å². The molecule has 1 aromatic carbocycles. The van der Waals surface area contributed by atoms with Crippen LogP contribution in [0, 0.1) is 0 Å². The molecule has 0 fully saturated rings. The van der Waals surface area contributed by atoms with E-state index in [0.29, 0.717) is 0 Å². The zero-order valence-electron chi connectivity index (χ0n) is 16.4. The normalized spacial score (nSPS) is 10.9. The first kappa shape index (κ1) is 19.7. The van der Waals surface area contributed by atoms with Crippen molar-refractivity contribution < 1.29 is 0 Å². The average Bonchev–Trinajstić information content (AvgIpc) is 2.71. The first-order valence-electron chi connectivity index (χ1n) is 10.0. The van der Waals surface area contributed by atoms with Crippen molar-refractivity contribution in [1.82, 2.24) is 9.97 Å². The van der Waals surface area contributed by atoms with Crippen molar-refractivity contribution in [2.24, 2.45) is 0 Å². The van der Waals surface area contributed by atoms with Gasteiger partial charge in [0.2, 0.25) is 0 Å². The molecular weight excluding hydrogens is 347 g/mol. The molecule has 0 aliphatic heterocycles. The summed E-state index contributed by atoms with van der Waals surface area (Å²) in [5, 5.41) is 1.16. The maximum absolute atomic E-state index is 4.96. The summed E-state index contributed by atoms with van der Waals surface area (Å²) in [4.78, 5) is 9.90. The van der Waals surface area contributed by atoms with Crippen molar-refractivity contribution in [1.29, 1.82) is 0 Å².